The number of aryl methyl sites for hydroxylation is 1. The maximum Gasteiger partial charge on any atom is 0.235 e. The number of carbonyl (C=O) groups is 2. The second-order valence-corrected chi connectivity index (χ2v) is 3.08. The summed E-state index contributed by atoms with van der Waals surface area (Å²) >= 11 is 0. The van der Waals surface area contributed by atoms with Crippen LogP contribution in [0.15, 0.2) is 6.33 Å². The van der Waals surface area contributed by atoms with Crippen molar-refractivity contribution in [1.82, 2.24) is 9.55 Å². The van der Waals surface area contributed by atoms with E-state index in [2.05, 4.69) is 4.98 Å². The number of ketones is 1. The molecular weight excluding hydrogens is 170 g/mol. The minimum absolute atomic E-state index is 0.0525. The molecule has 0 radical (unpaired) electrons. The number of fused-ring (bicyclic) bond motifs is 1. The van der Waals surface area contributed by atoms with Crippen LogP contribution in [0.5, 0.6) is 0 Å². The lowest BCUT2D eigenvalue weighted by Gasteiger charge is -2.20. The Morgan fingerprint density at radius 1 is 1.38 bits per heavy atom. The highest BCUT2D eigenvalue weighted by molar-refractivity contribution is 6.17. The minimum Gasteiger partial charge on any atom is -0.329 e. The third-order valence-electron chi connectivity index (χ3n) is 2.19. The molecular formula is C8H9N3O2. The van der Waals surface area contributed by atoms with E-state index in [4.69, 9.17) is 0 Å². The molecule has 5 heteroatoms. The number of anilines is 1. The van der Waals surface area contributed by atoms with Gasteiger partial charge in [-0.05, 0) is 0 Å². The maximum atomic E-state index is 11.4. The molecule has 0 aliphatic carbocycles. The average molecular weight is 179 g/mol. The number of Topliss-reactive ketones (excluding diaryl/α,β-unsaturated/α-hetero) is 1. The van der Waals surface area contributed by atoms with Crippen molar-refractivity contribution in [3.8, 4) is 0 Å². The van der Waals surface area contributed by atoms with Gasteiger partial charge in [-0.1, -0.05) is 0 Å². The van der Waals surface area contributed by atoms with Crippen LogP contribution in [-0.4, -0.2) is 28.3 Å². The number of nitrogens with zero attached hydrogens (tertiary/aromatic N) is 3. The Balaban J connectivity index is 2.62. The van der Waals surface area contributed by atoms with Crippen LogP contribution < -0.4 is 4.90 Å². The summed E-state index contributed by atoms with van der Waals surface area (Å²) in [6.07, 6.45) is 1.49. The van der Waals surface area contributed by atoms with E-state index in [1.807, 2.05) is 0 Å². The second kappa shape index (κ2) is 2.42. The molecule has 1 amide bonds. The number of hydrogen-bond donors (Lipinski definition) is 0. The highest BCUT2D eigenvalue weighted by Crippen LogP contribution is 2.23. The van der Waals surface area contributed by atoms with Crippen molar-refractivity contribution in [1.29, 1.82) is 0 Å². The van der Waals surface area contributed by atoms with Crippen LogP contribution >= 0.6 is 0 Å². The Kier molecular flexibility index (Phi) is 1.48. The van der Waals surface area contributed by atoms with Gasteiger partial charge >= 0.3 is 0 Å². The van der Waals surface area contributed by atoms with Gasteiger partial charge in [0.2, 0.25) is 5.91 Å². The van der Waals surface area contributed by atoms with Crippen LogP contribution in [0.1, 0.15) is 16.9 Å². The van der Waals surface area contributed by atoms with Gasteiger partial charge in [0.15, 0.2) is 11.6 Å². The fourth-order valence-corrected chi connectivity index (χ4v) is 1.44. The molecule has 0 unspecified atom stereocenters. The van der Waals surface area contributed by atoms with Gasteiger partial charge in [-0.25, -0.2) is 4.98 Å². The first-order chi connectivity index (χ1) is 6.11. The van der Waals surface area contributed by atoms with E-state index in [1.54, 1.807) is 18.7 Å². The number of carbonyl (C=O) groups excluding carboxylic acids is 2. The molecule has 1 aliphatic rings. The van der Waals surface area contributed by atoms with E-state index in [9.17, 15) is 9.59 Å². The topological polar surface area (TPSA) is 55.2 Å². The van der Waals surface area contributed by atoms with Crippen LogP contribution in [0.3, 0.4) is 0 Å². The van der Waals surface area contributed by atoms with E-state index in [0.717, 1.165) is 0 Å². The number of aromatic nitrogens is 2. The monoisotopic (exact) mass is 179 g/mol. The van der Waals surface area contributed by atoms with Crippen molar-refractivity contribution in [2.24, 2.45) is 7.05 Å². The number of amides is 1. The lowest BCUT2D eigenvalue weighted by molar-refractivity contribution is -0.117. The fourth-order valence-electron chi connectivity index (χ4n) is 1.44. The van der Waals surface area contributed by atoms with Gasteiger partial charge in [0.1, 0.15) is 5.69 Å². The quantitative estimate of drug-likeness (QED) is 0.525. The molecule has 0 N–H and O–H groups in total. The van der Waals surface area contributed by atoms with E-state index in [1.165, 1.54) is 11.2 Å². The summed E-state index contributed by atoms with van der Waals surface area (Å²) in [6, 6.07) is 0. The van der Waals surface area contributed by atoms with Gasteiger partial charge < -0.3 is 4.57 Å². The van der Waals surface area contributed by atoms with Gasteiger partial charge in [-0.3, -0.25) is 14.5 Å². The van der Waals surface area contributed by atoms with Crippen LogP contribution in [0, 0.1) is 0 Å². The standard InChI is InChI=1S/C8H9N3O2/c1-10-4-9-8-7(10)5(12)3-6(13)11(8)2/h4H,3H2,1-2H3. The largest absolute Gasteiger partial charge is 0.329 e. The van der Waals surface area contributed by atoms with Crippen molar-refractivity contribution in [3.05, 3.63) is 12.0 Å². The van der Waals surface area contributed by atoms with Crippen LogP contribution in [0.25, 0.3) is 0 Å². The lowest BCUT2D eigenvalue weighted by atomic mass is 10.1. The average Bonchev–Trinajstić information content (AvgIpc) is 2.44. The molecule has 0 spiro atoms. The molecule has 1 aliphatic heterocycles. The number of imidazole rings is 1. The van der Waals surface area contributed by atoms with Gasteiger partial charge in [-0.2, -0.15) is 0 Å². The molecule has 1 aromatic heterocycles. The predicted octanol–water partition coefficient (Wildman–Crippen LogP) is -0.0307. The molecule has 2 heterocycles. The van der Waals surface area contributed by atoms with Gasteiger partial charge in [0, 0.05) is 14.1 Å². The van der Waals surface area contributed by atoms with Crippen LogP contribution in [0.4, 0.5) is 5.82 Å². The van der Waals surface area contributed by atoms with Crippen molar-refractivity contribution in [3.63, 3.8) is 0 Å². The third-order valence-corrected chi connectivity index (χ3v) is 2.19. The molecule has 0 saturated carbocycles. The van der Waals surface area contributed by atoms with E-state index in [-0.39, 0.29) is 18.1 Å². The van der Waals surface area contributed by atoms with Crippen molar-refractivity contribution in [2.75, 3.05) is 11.9 Å². The van der Waals surface area contributed by atoms with Gasteiger partial charge in [0.25, 0.3) is 0 Å². The fraction of sp³-hybridized carbons (Fsp3) is 0.375. The molecule has 5 nitrogen and oxygen atoms in total. The summed E-state index contributed by atoms with van der Waals surface area (Å²) < 4.78 is 1.64. The number of hydrogen-bond acceptors (Lipinski definition) is 3. The first-order valence-electron chi connectivity index (χ1n) is 3.92. The first kappa shape index (κ1) is 7.97. The molecule has 68 valence electrons. The van der Waals surface area contributed by atoms with Crippen LogP contribution in [-0.2, 0) is 11.8 Å². The maximum absolute atomic E-state index is 11.4. The Hall–Kier alpha value is -1.65. The summed E-state index contributed by atoms with van der Waals surface area (Å²) in [6.45, 7) is 0. The van der Waals surface area contributed by atoms with Crippen LogP contribution in [0.2, 0.25) is 0 Å². The molecule has 0 saturated heterocycles. The molecule has 2 rings (SSSR count). The summed E-state index contributed by atoms with van der Waals surface area (Å²) in [5.74, 6) is 0.109. The summed E-state index contributed by atoms with van der Waals surface area (Å²) in [7, 11) is 3.37. The van der Waals surface area contributed by atoms with Crippen molar-refractivity contribution in [2.45, 2.75) is 6.42 Å². The predicted molar refractivity (Wildman–Crippen MR) is 45.6 cm³/mol. The molecule has 0 fully saturated rings. The highest BCUT2D eigenvalue weighted by Gasteiger charge is 2.30. The smallest absolute Gasteiger partial charge is 0.235 e. The van der Waals surface area contributed by atoms with E-state index >= 15 is 0 Å². The Morgan fingerprint density at radius 3 is 2.77 bits per heavy atom. The summed E-state index contributed by atoms with van der Waals surface area (Å²) in [4.78, 5) is 28.0. The van der Waals surface area contributed by atoms with Crippen molar-refractivity contribution < 1.29 is 9.59 Å². The Morgan fingerprint density at radius 2 is 2.08 bits per heavy atom. The normalized spacial score (nSPS) is 16.3. The molecule has 1 aromatic rings. The van der Waals surface area contributed by atoms with E-state index < -0.39 is 0 Å². The molecule has 0 bridgehead atoms. The molecule has 0 atom stereocenters. The SMILES string of the molecule is CN1C(=O)CC(=O)c2c1ncn2C. The van der Waals surface area contributed by atoms with Gasteiger partial charge in [-0.15, -0.1) is 0 Å². The molecule has 13 heavy (non-hydrogen) atoms. The second-order valence-electron chi connectivity index (χ2n) is 3.08. The summed E-state index contributed by atoms with van der Waals surface area (Å²) in [5, 5.41) is 0. The zero-order valence-electron chi connectivity index (χ0n) is 7.44. The molecule has 0 aromatic carbocycles. The summed E-state index contributed by atoms with van der Waals surface area (Å²) in [5.41, 5.74) is 0.516. The van der Waals surface area contributed by atoms with Crippen molar-refractivity contribution >= 4 is 17.5 Å². The third kappa shape index (κ3) is 0.965. The lowest BCUT2D eigenvalue weighted by Crippen LogP contribution is -2.34. The highest BCUT2D eigenvalue weighted by atomic mass is 16.2. The number of rotatable bonds is 0. The first-order valence-corrected chi connectivity index (χ1v) is 3.92. The zero-order valence-corrected chi connectivity index (χ0v) is 7.44. The Bertz CT molecular complexity index is 394. The van der Waals surface area contributed by atoms with E-state index in [0.29, 0.717) is 11.5 Å². The zero-order chi connectivity index (χ0) is 9.59. The minimum atomic E-state index is -0.198. The van der Waals surface area contributed by atoms with Gasteiger partial charge in [0.05, 0.1) is 12.7 Å². The Labute approximate surface area is 75.0 Å².